The number of hydrogen-bond donors (Lipinski definition) is 1. The van der Waals surface area contributed by atoms with Crippen molar-refractivity contribution < 1.29 is 19.4 Å². The third-order valence-corrected chi connectivity index (χ3v) is 3.04. The average molecular weight is 288 g/mol. The minimum absolute atomic E-state index is 0.102. The highest BCUT2D eigenvalue weighted by molar-refractivity contribution is 5.88. The van der Waals surface area contributed by atoms with E-state index >= 15 is 0 Å². The van der Waals surface area contributed by atoms with Crippen LogP contribution in [0.1, 0.15) is 28.5 Å². The molecule has 6 nitrogen and oxygen atoms in total. The molecule has 0 radical (unpaired) electrons. The second-order valence-corrected chi connectivity index (χ2v) is 4.75. The zero-order valence-corrected chi connectivity index (χ0v) is 11.9. The zero-order chi connectivity index (χ0) is 15.4. The van der Waals surface area contributed by atoms with Gasteiger partial charge in [-0.3, -0.25) is 9.48 Å². The Labute approximate surface area is 122 Å². The van der Waals surface area contributed by atoms with Crippen molar-refractivity contribution in [2.24, 2.45) is 7.05 Å². The first kappa shape index (κ1) is 14.8. The fraction of sp³-hybridized carbons (Fsp3) is 0.267. The minimum atomic E-state index is -1.03. The second kappa shape index (κ2) is 6.21. The number of carboxylic acid groups (broad SMARTS) is 1. The Morgan fingerprint density at radius 1 is 1.29 bits per heavy atom. The van der Waals surface area contributed by atoms with Crippen LogP contribution in [0.4, 0.5) is 0 Å². The molecule has 0 saturated heterocycles. The van der Waals surface area contributed by atoms with E-state index in [1.807, 2.05) is 12.1 Å². The van der Waals surface area contributed by atoms with Crippen LogP contribution in [0.2, 0.25) is 0 Å². The van der Waals surface area contributed by atoms with Gasteiger partial charge in [0.15, 0.2) is 0 Å². The van der Waals surface area contributed by atoms with Crippen molar-refractivity contribution in [1.29, 1.82) is 0 Å². The van der Waals surface area contributed by atoms with Crippen molar-refractivity contribution in [2.45, 2.75) is 20.0 Å². The van der Waals surface area contributed by atoms with E-state index in [9.17, 15) is 9.59 Å². The van der Waals surface area contributed by atoms with E-state index < -0.39 is 5.97 Å². The van der Waals surface area contributed by atoms with Crippen molar-refractivity contribution in [3.8, 4) is 5.75 Å². The van der Waals surface area contributed by atoms with Gasteiger partial charge in [0, 0.05) is 13.5 Å². The number of aromatic nitrogens is 2. The number of Topliss-reactive ketones (excluding diaryl/α,β-unsaturated/α-hetero) is 1. The van der Waals surface area contributed by atoms with Crippen molar-refractivity contribution in [3.05, 3.63) is 47.3 Å². The summed E-state index contributed by atoms with van der Waals surface area (Å²) < 4.78 is 7.05. The summed E-state index contributed by atoms with van der Waals surface area (Å²) in [6.07, 6.45) is 1.70. The Kier molecular flexibility index (Phi) is 4.37. The maximum Gasteiger partial charge on any atom is 0.339 e. The predicted molar refractivity (Wildman–Crippen MR) is 75.3 cm³/mol. The van der Waals surface area contributed by atoms with Crippen LogP contribution in [-0.2, 0) is 24.9 Å². The lowest BCUT2D eigenvalue weighted by molar-refractivity contribution is -0.116. The molecule has 0 aliphatic carbocycles. The molecule has 6 heteroatoms. The average Bonchev–Trinajstić information content (AvgIpc) is 2.79. The SMILES string of the molecule is CC(=O)Cc1ccc(OCc2c(C(=O)O)cnn2C)cc1. The summed E-state index contributed by atoms with van der Waals surface area (Å²) >= 11 is 0. The van der Waals surface area contributed by atoms with E-state index in [4.69, 9.17) is 9.84 Å². The van der Waals surface area contributed by atoms with E-state index in [-0.39, 0.29) is 18.0 Å². The molecule has 1 heterocycles. The number of rotatable bonds is 6. The van der Waals surface area contributed by atoms with Gasteiger partial charge in [0.2, 0.25) is 0 Å². The Balaban J connectivity index is 2.05. The molecule has 0 unspecified atom stereocenters. The summed E-state index contributed by atoms with van der Waals surface area (Å²) in [6, 6.07) is 7.15. The van der Waals surface area contributed by atoms with Crippen LogP contribution in [0, 0.1) is 0 Å². The number of ether oxygens (including phenoxy) is 1. The van der Waals surface area contributed by atoms with Gasteiger partial charge in [-0.1, -0.05) is 12.1 Å². The summed E-state index contributed by atoms with van der Waals surface area (Å²) in [5, 5.41) is 13.0. The lowest BCUT2D eigenvalue weighted by atomic mass is 10.1. The van der Waals surface area contributed by atoms with Crippen molar-refractivity contribution in [1.82, 2.24) is 9.78 Å². The fourth-order valence-electron chi connectivity index (χ4n) is 1.96. The van der Waals surface area contributed by atoms with E-state index in [2.05, 4.69) is 5.10 Å². The van der Waals surface area contributed by atoms with Gasteiger partial charge in [-0.15, -0.1) is 0 Å². The minimum Gasteiger partial charge on any atom is -0.487 e. The van der Waals surface area contributed by atoms with E-state index in [1.165, 1.54) is 10.9 Å². The van der Waals surface area contributed by atoms with Gasteiger partial charge in [0.1, 0.15) is 23.7 Å². The van der Waals surface area contributed by atoms with Gasteiger partial charge in [0.25, 0.3) is 0 Å². The molecule has 0 amide bonds. The highest BCUT2D eigenvalue weighted by atomic mass is 16.5. The van der Waals surface area contributed by atoms with Crippen LogP contribution >= 0.6 is 0 Å². The normalized spacial score (nSPS) is 10.4. The topological polar surface area (TPSA) is 81.4 Å². The van der Waals surface area contributed by atoms with Crippen molar-refractivity contribution >= 4 is 11.8 Å². The Hall–Kier alpha value is -2.63. The number of ketones is 1. The number of nitrogens with zero attached hydrogens (tertiary/aromatic N) is 2. The van der Waals surface area contributed by atoms with E-state index in [1.54, 1.807) is 26.1 Å². The fourth-order valence-corrected chi connectivity index (χ4v) is 1.96. The highest BCUT2D eigenvalue weighted by Gasteiger charge is 2.15. The molecule has 0 spiro atoms. The molecule has 0 saturated carbocycles. The molecule has 0 atom stereocenters. The summed E-state index contributed by atoms with van der Waals surface area (Å²) in [5.74, 6) is -0.317. The molecule has 1 N–H and O–H groups in total. The van der Waals surface area contributed by atoms with Crippen LogP contribution in [0.3, 0.4) is 0 Å². The van der Waals surface area contributed by atoms with Crippen LogP contribution in [-0.4, -0.2) is 26.6 Å². The van der Waals surface area contributed by atoms with Gasteiger partial charge in [-0.2, -0.15) is 5.10 Å². The van der Waals surface area contributed by atoms with Gasteiger partial charge in [-0.05, 0) is 24.6 Å². The van der Waals surface area contributed by atoms with Crippen molar-refractivity contribution in [3.63, 3.8) is 0 Å². The smallest absolute Gasteiger partial charge is 0.339 e. The number of benzene rings is 1. The summed E-state index contributed by atoms with van der Waals surface area (Å²) in [7, 11) is 1.67. The van der Waals surface area contributed by atoms with Gasteiger partial charge < -0.3 is 9.84 Å². The third-order valence-electron chi connectivity index (χ3n) is 3.04. The van der Waals surface area contributed by atoms with Crippen LogP contribution in [0.15, 0.2) is 30.5 Å². The number of aryl methyl sites for hydroxylation is 1. The number of hydrogen-bond acceptors (Lipinski definition) is 4. The van der Waals surface area contributed by atoms with E-state index in [0.29, 0.717) is 17.9 Å². The molecule has 1 aromatic heterocycles. The molecule has 0 aliphatic heterocycles. The van der Waals surface area contributed by atoms with Crippen LogP contribution in [0.5, 0.6) is 5.75 Å². The third kappa shape index (κ3) is 3.68. The van der Waals surface area contributed by atoms with Gasteiger partial charge in [0.05, 0.1) is 11.9 Å². The summed E-state index contributed by atoms with van der Waals surface area (Å²) in [6.45, 7) is 1.66. The van der Waals surface area contributed by atoms with Crippen LogP contribution in [0.25, 0.3) is 0 Å². The molecule has 21 heavy (non-hydrogen) atoms. The lowest BCUT2D eigenvalue weighted by Crippen LogP contribution is -2.08. The molecule has 1 aromatic carbocycles. The van der Waals surface area contributed by atoms with Gasteiger partial charge in [-0.25, -0.2) is 4.79 Å². The standard InChI is InChI=1S/C15H16N2O4/c1-10(18)7-11-3-5-12(6-4-11)21-9-14-13(15(19)20)8-16-17(14)2/h3-6,8H,7,9H2,1-2H3,(H,19,20). The molecule has 2 aromatic rings. The Bertz CT molecular complexity index is 659. The lowest BCUT2D eigenvalue weighted by Gasteiger charge is -2.08. The Morgan fingerprint density at radius 2 is 1.95 bits per heavy atom. The first-order chi connectivity index (χ1) is 9.97. The number of aromatic carboxylic acids is 1. The molecular weight excluding hydrogens is 272 g/mol. The molecule has 0 aliphatic rings. The Morgan fingerprint density at radius 3 is 2.52 bits per heavy atom. The first-order valence-corrected chi connectivity index (χ1v) is 6.42. The van der Waals surface area contributed by atoms with Crippen molar-refractivity contribution in [2.75, 3.05) is 0 Å². The quantitative estimate of drug-likeness (QED) is 0.877. The number of carboxylic acids is 1. The zero-order valence-electron chi connectivity index (χ0n) is 11.9. The maximum atomic E-state index is 11.1. The molecular formula is C15H16N2O4. The largest absolute Gasteiger partial charge is 0.487 e. The molecule has 0 fully saturated rings. The first-order valence-electron chi connectivity index (χ1n) is 6.42. The van der Waals surface area contributed by atoms with Gasteiger partial charge >= 0.3 is 5.97 Å². The number of carbonyl (C=O) groups is 2. The van der Waals surface area contributed by atoms with E-state index in [0.717, 1.165) is 5.56 Å². The monoisotopic (exact) mass is 288 g/mol. The second-order valence-electron chi connectivity index (χ2n) is 4.75. The molecule has 0 bridgehead atoms. The highest BCUT2D eigenvalue weighted by Crippen LogP contribution is 2.16. The predicted octanol–water partition coefficient (Wildman–Crippen LogP) is 1.83. The summed E-state index contributed by atoms with van der Waals surface area (Å²) in [5.41, 5.74) is 1.54. The summed E-state index contributed by atoms with van der Waals surface area (Å²) in [4.78, 5) is 22.1. The molecule has 2 rings (SSSR count). The van der Waals surface area contributed by atoms with Crippen LogP contribution < -0.4 is 4.74 Å². The maximum absolute atomic E-state index is 11.1. The molecule has 110 valence electrons. The number of carbonyl (C=O) groups excluding carboxylic acids is 1.